The highest BCUT2D eigenvalue weighted by molar-refractivity contribution is 8.00. The molecule has 0 radical (unpaired) electrons. The molecule has 0 saturated heterocycles. The van der Waals surface area contributed by atoms with E-state index in [1.807, 2.05) is 25.1 Å². The summed E-state index contributed by atoms with van der Waals surface area (Å²) in [4.78, 5) is 25.7. The minimum absolute atomic E-state index is 0.150. The van der Waals surface area contributed by atoms with Gasteiger partial charge in [0.05, 0.1) is 26.5 Å². The summed E-state index contributed by atoms with van der Waals surface area (Å²) in [5.74, 6) is -0.479. The van der Waals surface area contributed by atoms with Gasteiger partial charge in [0.1, 0.15) is 0 Å². The predicted molar refractivity (Wildman–Crippen MR) is 126 cm³/mol. The zero-order chi connectivity index (χ0) is 21.7. The van der Waals surface area contributed by atoms with Gasteiger partial charge in [-0.25, -0.2) is 0 Å². The Morgan fingerprint density at radius 3 is 2.23 bits per heavy atom. The summed E-state index contributed by atoms with van der Waals surface area (Å²) in [6, 6.07) is 19.0. The van der Waals surface area contributed by atoms with Crippen LogP contribution in [0.25, 0.3) is 0 Å². The summed E-state index contributed by atoms with van der Waals surface area (Å²) in [6.45, 7) is 1.81. The van der Waals surface area contributed by atoms with Gasteiger partial charge in [0.15, 0.2) is 0 Å². The van der Waals surface area contributed by atoms with Crippen molar-refractivity contribution in [2.24, 2.45) is 0 Å². The van der Waals surface area contributed by atoms with E-state index in [9.17, 15) is 9.59 Å². The van der Waals surface area contributed by atoms with E-state index in [0.29, 0.717) is 27.0 Å². The number of hydrogen-bond donors (Lipinski definition) is 2. The summed E-state index contributed by atoms with van der Waals surface area (Å²) >= 11 is 19.4. The van der Waals surface area contributed by atoms with Gasteiger partial charge in [-0.1, -0.05) is 46.9 Å². The van der Waals surface area contributed by atoms with E-state index in [1.165, 1.54) is 17.8 Å². The monoisotopic (exact) mass is 478 g/mol. The molecule has 0 saturated carbocycles. The lowest BCUT2D eigenvalue weighted by molar-refractivity contribution is -0.115. The van der Waals surface area contributed by atoms with Crippen molar-refractivity contribution in [3.05, 3.63) is 87.4 Å². The molecule has 3 rings (SSSR count). The fourth-order valence-electron chi connectivity index (χ4n) is 2.54. The van der Waals surface area contributed by atoms with Crippen LogP contribution in [0.3, 0.4) is 0 Å². The Labute approximate surface area is 193 Å². The van der Waals surface area contributed by atoms with Gasteiger partial charge in [-0.3, -0.25) is 9.59 Å². The van der Waals surface area contributed by atoms with E-state index >= 15 is 0 Å². The first-order chi connectivity index (χ1) is 14.3. The fraction of sp³-hybridized carbons (Fsp3) is 0.0909. The van der Waals surface area contributed by atoms with Crippen LogP contribution >= 0.6 is 46.6 Å². The number of benzene rings is 3. The maximum atomic E-state index is 12.4. The highest BCUT2D eigenvalue weighted by atomic mass is 35.5. The first-order valence-electron chi connectivity index (χ1n) is 8.92. The minimum atomic E-state index is -0.338. The van der Waals surface area contributed by atoms with Gasteiger partial charge in [-0.15, -0.1) is 11.8 Å². The molecule has 1 atom stereocenters. The molecule has 154 valence electrons. The van der Waals surface area contributed by atoms with Crippen molar-refractivity contribution >= 4 is 69.8 Å². The number of carbonyl (C=O) groups is 2. The lowest BCUT2D eigenvalue weighted by Crippen LogP contribution is -2.22. The molecule has 0 aliphatic carbocycles. The summed E-state index contributed by atoms with van der Waals surface area (Å²) in [6.07, 6.45) is 0. The Balaban J connectivity index is 1.59. The molecular formula is C22H17Cl3N2O2S. The van der Waals surface area contributed by atoms with Crippen LogP contribution in [-0.4, -0.2) is 17.1 Å². The number of amides is 2. The average Bonchev–Trinajstić information content (AvgIpc) is 2.71. The zero-order valence-corrected chi connectivity index (χ0v) is 18.9. The maximum absolute atomic E-state index is 12.4. The van der Waals surface area contributed by atoms with Gasteiger partial charge in [0.2, 0.25) is 5.91 Å². The Hall–Kier alpha value is -2.18. The summed E-state index contributed by atoms with van der Waals surface area (Å²) in [5, 5.41) is 6.51. The molecule has 2 N–H and O–H groups in total. The lowest BCUT2D eigenvalue weighted by atomic mass is 10.2. The number of para-hydroxylation sites is 1. The number of hydrogen-bond acceptors (Lipinski definition) is 3. The van der Waals surface area contributed by atoms with Gasteiger partial charge < -0.3 is 10.6 Å². The van der Waals surface area contributed by atoms with E-state index in [-0.39, 0.29) is 22.1 Å². The first-order valence-corrected chi connectivity index (χ1v) is 10.9. The summed E-state index contributed by atoms with van der Waals surface area (Å²) < 4.78 is 0. The van der Waals surface area contributed by atoms with Crippen molar-refractivity contribution in [3.8, 4) is 0 Å². The number of carbonyl (C=O) groups excluding carboxylic acids is 2. The van der Waals surface area contributed by atoms with E-state index < -0.39 is 0 Å². The minimum Gasteiger partial charge on any atom is -0.324 e. The fourth-order valence-corrected chi connectivity index (χ4v) is 4.09. The van der Waals surface area contributed by atoms with E-state index in [2.05, 4.69) is 10.6 Å². The largest absolute Gasteiger partial charge is 0.324 e. The molecular weight excluding hydrogens is 463 g/mol. The van der Waals surface area contributed by atoms with Gasteiger partial charge >= 0.3 is 0 Å². The molecule has 0 heterocycles. The highest BCUT2D eigenvalue weighted by Crippen LogP contribution is 2.28. The third-order valence-corrected chi connectivity index (χ3v) is 6.09. The highest BCUT2D eigenvalue weighted by Gasteiger charge is 2.16. The van der Waals surface area contributed by atoms with Crippen LogP contribution in [0, 0.1) is 0 Å². The molecule has 8 heteroatoms. The van der Waals surface area contributed by atoms with Crippen molar-refractivity contribution in [3.63, 3.8) is 0 Å². The van der Waals surface area contributed by atoms with Crippen LogP contribution in [0.2, 0.25) is 15.1 Å². The maximum Gasteiger partial charge on any atom is 0.257 e. The Morgan fingerprint density at radius 2 is 1.57 bits per heavy atom. The van der Waals surface area contributed by atoms with Gasteiger partial charge in [0, 0.05) is 15.6 Å². The molecule has 3 aromatic carbocycles. The topological polar surface area (TPSA) is 58.2 Å². The van der Waals surface area contributed by atoms with Crippen molar-refractivity contribution in [2.75, 3.05) is 10.6 Å². The normalized spacial score (nSPS) is 11.6. The predicted octanol–water partition coefficient (Wildman–Crippen LogP) is 7.02. The van der Waals surface area contributed by atoms with Crippen molar-refractivity contribution in [2.45, 2.75) is 17.1 Å². The third-order valence-electron chi connectivity index (χ3n) is 4.10. The van der Waals surface area contributed by atoms with Gasteiger partial charge in [0.25, 0.3) is 5.91 Å². The number of halogens is 3. The Kier molecular flexibility index (Phi) is 7.67. The van der Waals surface area contributed by atoms with E-state index in [4.69, 9.17) is 34.8 Å². The molecule has 0 aliphatic rings. The van der Waals surface area contributed by atoms with Crippen LogP contribution in [0.15, 0.2) is 71.6 Å². The third kappa shape index (κ3) is 5.92. The van der Waals surface area contributed by atoms with E-state index in [0.717, 1.165) is 4.90 Å². The Bertz CT molecular complexity index is 1070. The number of anilines is 2. The smallest absolute Gasteiger partial charge is 0.257 e. The number of nitrogens with one attached hydrogen (secondary N) is 2. The second-order valence-electron chi connectivity index (χ2n) is 6.33. The first kappa shape index (κ1) is 22.5. The molecule has 0 spiro atoms. The number of rotatable bonds is 6. The second kappa shape index (κ2) is 10.2. The molecule has 30 heavy (non-hydrogen) atoms. The van der Waals surface area contributed by atoms with Crippen molar-refractivity contribution in [1.82, 2.24) is 0 Å². The van der Waals surface area contributed by atoms with Crippen LogP contribution in [0.4, 0.5) is 11.4 Å². The van der Waals surface area contributed by atoms with Crippen LogP contribution < -0.4 is 10.6 Å². The molecule has 2 amide bonds. The van der Waals surface area contributed by atoms with E-state index in [1.54, 1.807) is 42.5 Å². The quantitative estimate of drug-likeness (QED) is 0.374. The summed E-state index contributed by atoms with van der Waals surface area (Å²) in [5.41, 5.74) is 1.53. The van der Waals surface area contributed by atoms with Crippen molar-refractivity contribution < 1.29 is 9.59 Å². The van der Waals surface area contributed by atoms with Crippen LogP contribution in [-0.2, 0) is 4.79 Å². The van der Waals surface area contributed by atoms with Crippen molar-refractivity contribution in [1.29, 1.82) is 0 Å². The SMILES string of the molecule is CC(Sc1ccc(NC(=O)c2ccc(Cl)cc2Cl)cc1)C(=O)Nc1ccccc1Cl. The second-order valence-corrected chi connectivity index (χ2v) is 9.00. The molecule has 3 aromatic rings. The number of thioether (sulfide) groups is 1. The molecule has 1 unspecified atom stereocenters. The molecule has 0 aliphatic heterocycles. The standard InChI is InChI=1S/C22H17Cl3N2O2S/c1-13(21(28)27-20-5-3-2-4-18(20)24)30-16-9-7-15(8-10-16)26-22(29)17-11-6-14(23)12-19(17)25/h2-13H,1H3,(H,26,29)(H,27,28). The summed E-state index contributed by atoms with van der Waals surface area (Å²) in [7, 11) is 0. The van der Waals surface area contributed by atoms with Gasteiger partial charge in [-0.2, -0.15) is 0 Å². The molecule has 0 aromatic heterocycles. The van der Waals surface area contributed by atoms with Gasteiger partial charge in [-0.05, 0) is 61.5 Å². The molecule has 0 bridgehead atoms. The lowest BCUT2D eigenvalue weighted by Gasteiger charge is -2.13. The van der Waals surface area contributed by atoms with Crippen LogP contribution in [0.1, 0.15) is 17.3 Å². The zero-order valence-electron chi connectivity index (χ0n) is 15.8. The Morgan fingerprint density at radius 1 is 0.867 bits per heavy atom. The van der Waals surface area contributed by atoms with Crippen LogP contribution in [0.5, 0.6) is 0 Å². The average molecular weight is 480 g/mol. The molecule has 4 nitrogen and oxygen atoms in total. The molecule has 0 fully saturated rings.